The van der Waals surface area contributed by atoms with Gasteiger partial charge in [-0.05, 0) is 37.7 Å². The van der Waals surface area contributed by atoms with Gasteiger partial charge in [0.1, 0.15) is 0 Å². The van der Waals surface area contributed by atoms with Gasteiger partial charge in [0.15, 0.2) is 5.11 Å². The van der Waals surface area contributed by atoms with E-state index < -0.39 is 0 Å². The summed E-state index contributed by atoms with van der Waals surface area (Å²) >= 11 is 5.76. The third kappa shape index (κ3) is 11.2. The molecular formula is C11H16Cl2CuN4S. The van der Waals surface area contributed by atoms with Crippen LogP contribution in [-0.4, -0.2) is 22.9 Å². The second-order valence-corrected chi connectivity index (χ2v) is 5.34. The Hall–Kier alpha value is -0.391. The molecule has 0 aliphatic carbocycles. The number of halogens is 2. The summed E-state index contributed by atoms with van der Waals surface area (Å²) in [6.07, 6.45) is 2.68. The van der Waals surface area contributed by atoms with Gasteiger partial charge in [-0.2, -0.15) is 5.10 Å². The Morgan fingerprint density at radius 3 is 2.79 bits per heavy atom. The van der Waals surface area contributed by atoms with Crippen LogP contribution in [-0.2, 0) is 13.1 Å². The van der Waals surface area contributed by atoms with E-state index in [2.05, 4.69) is 47.9 Å². The number of rotatable bonds is 4. The van der Waals surface area contributed by atoms with Crippen molar-refractivity contribution in [3.8, 4) is 0 Å². The van der Waals surface area contributed by atoms with Crippen LogP contribution in [0.1, 0.15) is 24.7 Å². The summed E-state index contributed by atoms with van der Waals surface area (Å²) in [6.45, 7) is 4.87. The van der Waals surface area contributed by atoms with Crippen LogP contribution in [0.15, 0.2) is 23.3 Å². The molecular weight excluding hydrogens is 355 g/mol. The molecule has 4 nitrogen and oxygen atoms in total. The summed E-state index contributed by atoms with van der Waals surface area (Å²) in [5.41, 5.74) is 4.51. The molecule has 0 saturated carbocycles. The van der Waals surface area contributed by atoms with Gasteiger partial charge in [-0.3, -0.25) is 10.4 Å². The average molecular weight is 371 g/mol. The van der Waals surface area contributed by atoms with Crippen molar-refractivity contribution in [1.82, 2.24) is 15.7 Å². The molecule has 0 saturated heterocycles. The molecule has 111 valence electrons. The number of nitrogens with zero attached hydrogens (tertiary/aromatic N) is 2. The van der Waals surface area contributed by atoms with E-state index in [-0.39, 0.29) is 0 Å². The molecule has 1 heterocycles. The predicted molar refractivity (Wildman–Crippen MR) is 82.3 cm³/mol. The van der Waals surface area contributed by atoms with Gasteiger partial charge in [-0.25, -0.2) is 0 Å². The van der Waals surface area contributed by atoms with Gasteiger partial charge in [-0.15, -0.1) is 0 Å². The summed E-state index contributed by atoms with van der Waals surface area (Å²) in [5.74, 6) is 0. The van der Waals surface area contributed by atoms with Crippen LogP contribution in [0.25, 0.3) is 0 Å². The van der Waals surface area contributed by atoms with Gasteiger partial charge < -0.3 is 5.32 Å². The Bertz CT molecular complexity index is 404. The number of hydrazone groups is 1. The molecule has 0 atom stereocenters. The van der Waals surface area contributed by atoms with Crippen LogP contribution in [0.4, 0.5) is 0 Å². The summed E-state index contributed by atoms with van der Waals surface area (Å²) in [4.78, 5) is 4.28. The molecule has 0 aromatic carbocycles. The van der Waals surface area contributed by atoms with E-state index in [0.29, 0.717) is 5.11 Å². The second-order valence-electron chi connectivity index (χ2n) is 3.37. The van der Waals surface area contributed by atoms with Crippen molar-refractivity contribution < 1.29 is 13.1 Å². The van der Waals surface area contributed by atoms with Crippen molar-refractivity contribution in [1.29, 1.82) is 0 Å². The van der Waals surface area contributed by atoms with Gasteiger partial charge in [0.2, 0.25) is 0 Å². The zero-order chi connectivity index (χ0) is 14.5. The zero-order valence-electron chi connectivity index (χ0n) is 10.6. The van der Waals surface area contributed by atoms with Crippen LogP contribution >= 0.6 is 32.4 Å². The van der Waals surface area contributed by atoms with E-state index in [9.17, 15) is 0 Å². The minimum atomic E-state index is 0.533. The molecule has 0 spiro atoms. The Morgan fingerprint density at radius 2 is 2.21 bits per heavy atom. The quantitative estimate of drug-likeness (QED) is 0.370. The standard InChI is InChI=1S/C11H16N4S.2ClH.Cu/c1-3-7-12-11(16)15-13-8-10-6-4-5-9(2)14-10;;;/h4-6,8H,3,7H2,1-2H3,(H2,12,15,16);2*1H;/q;;;+2/p-2/b13-8+;;;. The van der Waals surface area contributed by atoms with Crippen LogP contribution in [0, 0.1) is 6.92 Å². The Morgan fingerprint density at radius 1 is 1.53 bits per heavy atom. The molecule has 0 amide bonds. The first-order valence-electron chi connectivity index (χ1n) is 5.45. The van der Waals surface area contributed by atoms with Crippen LogP contribution < -0.4 is 10.7 Å². The summed E-state index contributed by atoms with van der Waals surface area (Å²) in [6, 6.07) is 5.77. The van der Waals surface area contributed by atoms with E-state index in [1.165, 1.54) is 0 Å². The van der Waals surface area contributed by atoms with Crippen LogP contribution in [0.2, 0.25) is 0 Å². The first kappa shape index (κ1) is 18.6. The molecule has 0 unspecified atom stereocenters. The molecule has 0 fully saturated rings. The third-order valence-corrected chi connectivity index (χ3v) is 2.04. The summed E-state index contributed by atoms with van der Waals surface area (Å²) in [5, 5.41) is 7.54. The first-order valence-corrected chi connectivity index (χ1v) is 8.45. The SMILES string of the molecule is CCCNC(=S)N/N=C/c1cccc(C)n1.[Cl][Cu][Cl]. The molecule has 2 N–H and O–H groups in total. The van der Waals surface area contributed by atoms with Gasteiger partial charge in [0.25, 0.3) is 0 Å². The van der Waals surface area contributed by atoms with E-state index in [1.54, 1.807) is 6.21 Å². The zero-order valence-corrected chi connectivity index (χ0v) is 13.9. The molecule has 1 aromatic heterocycles. The fraction of sp³-hybridized carbons (Fsp3) is 0.364. The second kappa shape index (κ2) is 12.6. The molecule has 1 rings (SSSR count). The maximum absolute atomic E-state index is 5.00. The minimum absolute atomic E-state index is 0.533. The fourth-order valence-electron chi connectivity index (χ4n) is 1.07. The van der Waals surface area contributed by atoms with Crippen molar-refractivity contribution in [3.63, 3.8) is 0 Å². The van der Waals surface area contributed by atoms with Gasteiger partial charge in [0, 0.05) is 12.2 Å². The maximum atomic E-state index is 5.00. The van der Waals surface area contributed by atoms with Gasteiger partial charge >= 0.3 is 33.3 Å². The van der Waals surface area contributed by atoms with E-state index in [1.807, 2.05) is 25.1 Å². The number of aryl methyl sites for hydroxylation is 1. The summed E-state index contributed by atoms with van der Waals surface area (Å²) in [7, 11) is 9.34. The molecule has 0 radical (unpaired) electrons. The number of thiocarbonyl (C=S) groups is 1. The van der Waals surface area contributed by atoms with E-state index in [0.717, 1.165) is 37.5 Å². The average Bonchev–Trinajstić information content (AvgIpc) is 2.37. The van der Waals surface area contributed by atoms with Crippen LogP contribution in [0.5, 0.6) is 0 Å². The number of hydrogen-bond donors (Lipinski definition) is 2. The molecule has 1 aromatic rings. The van der Waals surface area contributed by atoms with Gasteiger partial charge in [0.05, 0.1) is 11.9 Å². The van der Waals surface area contributed by atoms with E-state index in [4.69, 9.17) is 12.2 Å². The molecule has 8 heteroatoms. The van der Waals surface area contributed by atoms with Crippen molar-refractivity contribution in [2.75, 3.05) is 6.54 Å². The number of hydrogen-bond acceptors (Lipinski definition) is 3. The molecule has 19 heavy (non-hydrogen) atoms. The topological polar surface area (TPSA) is 49.3 Å². The number of aromatic nitrogens is 1. The Labute approximate surface area is 134 Å². The van der Waals surface area contributed by atoms with Crippen molar-refractivity contribution in [2.24, 2.45) is 5.10 Å². The van der Waals surface area contributed by atoms with Crippen molar-refractivity contribution in [2.45, 2.75) is 20.3 Å². The molecule has 0 bridgehead atoms. The Kier molecular flexibility index (Phi) is 12.4. The van der Waals surface area contributed by atoms with Crippen LogP contribution in [0.3, 0.4) is 0 Å². The number of pyridine rings is 1. The monoisotopic (exact) mass is 369 g/mol. The van der Waals surface area contributed by atoms with Crippen molar-refractivity contribution in [3.05, 3.63) is 29.6 Å². The fourth-order valence-corrected chi connectivity index (χ4v) is 1.23. The van der Waals surface area contributed by atoms with E-state index >= 15 is 0 Å². The van der Waals surface area contributed by atoms with Gasteiger partial charge in [-0.1, -0.05) is 13.0 Å². The first-order chi connectivity index (χ1) is 9.13. The third-order valence-electron chi connectivity index (χ3n) is 1.81. The predicted octanol–water partition coefficient (Wildman–Crippen LogP) is 2.97. The normalized spacial score (nSPS) is 9.89. The molecule has 0 aliphatic rings. The number of nitrogens with one attached hydrogen (secondary N) is 2. The Balaban J connectivity index is 0.000000982. The molecule has 0 aliphatic heterocycles. The van der Waals surface area contributed by atoms with Crippen molar-refractivity contribution >= 4 is 43.7 Å². The summed E-state index contributed by atoms with van der Waals surface area (Å²) < 4.78 is 0.